The van der Waals surface area contributed by atoms with Gasteiger partial charge in [0.15, 0.2) is 0 Å². The maximum atomic E-state index is 10.7. The summed E-state index contributed by atoms with van der Waals surface area (Å²) in [6, 6.07) is 0. The summed E-state index contributed by atoms with van der Waals surface area (Å²) in [4.78, 5) is 21.2. The Bertz CT molecular complexity index is 150. The van der Waals surface area contributed by atoms with Crippen molar-refractivity contribution in [2.75, 3.05) is 5.88 Å². The number of amides is 2. The molecule has 4 nitrogen and oxygen atoms in total. The Kier molecular flexibility index (Phi) is 5.56. The Labute approximate surface area is 70.3 Å². The van der Waals surface area contributed by atoms with E-state index in [1.54, 1.807) is 0 Å². The second-order valence-corrected chi connectivity index (χ2v) is 2.25. The fraction of sp³-hybridized carbons (Fsp3) is 0.667. The van der Waals surface area contributed by atoms with Crippen LogP contribution in [0.1, 0.15) is 19.8 Å². The Balaban J connectivity index is 3.38. The number of alkyl halides is 1. The predicted octanol–water partition coefficient (Wildman–Crippen LogP) is 0.173. The Morgan fingerprint density at radius 2 is 1.82 bits per heavy atom. The normalized spacial score (nSPS) is 8.91. The molecule has 0 unspecified atom stereocenters. The van der Waals surface area contributed by atoms with Crippen LogP contribution in [0.4, 0.5) is 0 Å². The summed E-state index contributed by atoms with van der Waals surface area (Å²) in [7, 11) is 0. The molecule has 0 saturated heterocycles. The average Bonchev–Trinajstić information content (AvgIpc) is 2.01. The van der Waals surface area contributed by atoms with E-state index in [0.29, 0.717) is 6.42 Å². The fourth-order valence-electron chi connectivity index (χ4n) is 0.462. The van der Waals surface area contributed by atoms with Gasteiger partial charge >= 0.3 is 0 Å². The molecule has 11 heavy (non-hydrogen) atoms. The quantitative estimate of drug-likeness (QED) is 0.478. The molecule has 0 radical (unpaired) electrons. The van der Waals surface area contributed by atoms with Crippen LogP contribution in [0.2, 0.25) is 0 Å². The van der Waals surface area contributed by atoms with Gasteiger partial charge < -0.3 is 0 Å². The lowest BCUT2D eigenvalue weighted by molar-refractivity contribution is -0.127. The molecule has 0 atom stereocenters. The second kappa shape index (κ2) is 5.97. The van der Waals surface area contributed by atoms with Crippen LogP contribution in [0, 0.1) is 0 Å². The highest BCUT2D eigenvalue weighted by atomic mass is 35.5. The first-order valence-corrected chi connectivity index (χ1v) is 3.87. The van der Waals surface area contributed by atoms with Gasteiger partial charge in [-0.05, 0) is 6.42 Å². The van der Waals surface area contributed by atoms with Crippen molar-refractivity contribution in [1.82, 2.24) is 10.9 Å². The summed E-state index contributed by atoms with van der Waals surface area (Å²) in [6.45, 7) is 1.88. The van der Waals surface area contributed by atoms with E-state index in [2.05, 4.69) is 10.9 Å². The van der Waals surface area contributed by atoms with Gasteiger partial charge in [0.05, 0.1) is 0 Å². The number of nitrogens with one attached hydrogen (secondary N) is 2. The van der Waals surface area contributed by atoms with E-state index in [1.807, 2.05) is 6.92 Å². The third-order valence-corrected chi connectivity index (χ3v) is 1.18. The molecule has 0 aliphatic heterocycles. The van der Waals surface area contributed by atoms with Crippen LogP contribution in [0.15, 0.2) is 0 Å². The third kappa shape index (κ3) is 5.66. The highest BCUT2D eigenvalue weighted by Gasteiger charge is 2.00. The lowest BCUT2D eigenvalue weighted by Gasteiger charge is -2.03. The highest BCUT2D eigenvalue weighted by molar-refractivity contribution is 6.27. The molecule has 2 amide bonds. The summed E-state index contributed by atoms with van der Waals surface area (Å²) in [5.41, 5.74) is 4.36. The largest absolute Gasteiger partial charge is 0.273 e. The number of carbonyl (C=O) groups is 2. The van der Waals surface area contributed by atoms with Crippen LogP contribution in [-0.4, -0.2) is 17.7 Å². The zero-order chi connectivity index (χ0) is 8.69. The van der Waals surface area contributed by atoms with Crippen molar-refractivity contribution < 1.29 is 9.59 Å². The number of hydrogen-bond donors (Lipinski definition) is 2. The minimum absolute atomic E-state index is 0.146. The van der Waals surface area contributed by atoms with Gasteiger partial charge in [0.25, 0.3) is 5.91 Å². The molecule has 0 fully saturated rings. The standard InChI is InChI=1S/C6H11ClN2O2/c1-2-3-5(10)8-9-6(11)4-7/h2-4H2,1H3,(H,8,10)(H,9,11). The Morgan fingerprint density at radius 1 is 1.27 bits per heavy atom. The zero-order valence-corrected chi connectivity index (χ0v) is 7.07. The number of halogens is 1. The molecule has 0 saturated carbocycles. The van der Waals surface area contributed by atoms with Gasteiger partial charge in [-0.25, -0.2) is 0 Å². The van der Waals surface area contributed by atoms with Gasteiger partial charge in [0, 0.05) is 6.42 Å². The van der Waals surface area contributed by atoms with Crippen LogP contribution in [0.25, 0.3) is 0 Å². The minimum Gasteiger partial charge on any atom is -0.273 e. The van der Waals surface area contributed by atoms with Crippen LogP contribution < -0.4 is 10.9 Å². The Hall–Kier alpha value is -0.770. The molecule has 5 heteroatoms. The summed E-state index contributed by atoms with van der Waals surface area (Å²) in [5, 5.41) is 0. The lowest BCUT2D eigenvalue weighted by atomic mass is 10.3. The van der Waals surface area contributed by atoms with E-state index in [1.165, 1.54) is 0 Å². The first kappa shape index (κ1) is 10.2. The molecule has 0 aromatic carbocycles. The van der Waals surface area contributed by atoms with Crippen LogP contribution in [0.3, 0.4) is 0 Å². The summed E-state index contributed by atoms with van der Waals surface area (Å²) >= 11 is 5.15. The van der Waals surface area contributed by atoms with Crippen molar-refractivity contribution in [3.8, 4) is 0 Å². The zero-order valence-electron chi connectivity index (χ0n) is 6.32. The SMILES string of the molecule is CCCC(=O)NNC(=O)CCl. The number of hydrogen-bond acceptors (Lipinski definition) is 2. The van der Waals surface area contributed by atoms with Crippen molar-refractivity contribution in [1.29, 1.82) is 0 Å². The molecular formula is C6H11ClN2O2. The van der Waals surface area contributed by atoms with Crippen molar-refractivity contribution in [2.24, 2.45) is 0 Å². The van der Waals surface area contributed by atoms with Gasteiger partial charge in [-0.3, -0.25) is 20.4 Å². The monoisotopic (exact) mass is 178 g/mol. The molecule has 0 aromatic rings. The van der Waals surface area contributed by atoms with Crippen molar-refractivity contribution in [2.45, 2.75) is 19.8 Å². The van der Waals surface area contributed by atoms with E-state index in [9.17, 15) is 9.59 Å². The van der Waals surface area contributed by atoms with Gasteiger partial charge in [0.2, 0.25) is 5.91 Å². The van der Waals surface area contributed by atoms with E-state index < -0.39 is 5.91 Å². The summed E-state index contributed by atoms with van der Waals surface area (Å²) < 4.78 is 0. The summed E-state index contributed by atoms with van der Waals surface area (Å²) in [5.74, 6) is -0.756. The van der Waals surface area contributed by atoms with Gasteiger partial charge in [-0.15, -0.1) is 11.6 Å². The van der Waals surface area contributed by atoms with Crippen molar-refractivity contribution in [3.63, 3.8) is 0 Å². The minimum atomic E-state index is -0.406. The van der Waals surface area contributed by atoms with Crippen LogP contribution >= 0.6 is 11.6 Å². The number of carbonyl (C=O) groups excluding carboxylic acids is 2. The van der Waals surface area contributed by atoms with E-state index in [0.717, 1.165) is 6.42 Å². The molecule has 0 aliphatic carbocycles. The van der Waals surface area contributed by atoms with Gasteiger partial charge in [0.1, 0.15) is 5.88 Å². The molecule has 2 N–H and O–H groups in total. The molecular weight excluding hydrogens is 168 g/mol. The molecule has 0 aromatic heterocycles. The second-order valence-electron chi connectivity index (χ2n) is 1.98. The number of rotatable bonds is 3. The average molecular weight is 179 g/mol. The third-order valence-electron chi connectivity index (χ3n) is 0.940. The molecule has 64 valence electrons. The molecule has 0 rings (SSSR count). The van der Waals surface area contributed by atoms with Crippen LogP contribution in [0.5, 0.6) is 0 Å². The fourth-order valence-corrected chi connectivity index (χ4v) is 0.529. The van der Waals surface area contributed by atoms with Gasteiger partial charge in [-0.1, -0.05) is 6.92 Å². The molecule has 0 heterocycles. The van der Waals surface area contributed by atoms with Crippen LogP contribution in [-0.2, 0) is 9.59 Å². The Morgan fingerprint density at radius 3 is 2.27 bits per heavy atom. The van der Waals surface area contributed by atoms with E-state index in [-0.39, 0.29) is 11.8 Å². The first-order valence-electron chi connectivity index (χ1n) is 3.34. The van der Waals surface area contributed by atoms with Crippen molar-refractivity contribution in [3.05, 3.63) is 0 Å². The molecule has 0 aliphatic rings. The molecule has 0 bridgehead atoms. The topological polar surface area (TPSA) is 58.2 Å². The maximum absolute atomic E-state index is 10.7. The maximum Gasteiger partial charge on any atom is 0.253 e. The van der Waals surface area contributed by atoms with Crippen molar-refractivity contribution >= 4 is 23.4 Å². The predicted molar refractivity (Wildman–Crippen MR) is 41.9 cm³/mol. The van der Waals surface area contributed by atoms with E-state index in [4.69, 9.17) is 11.6 Å². The number of hydrazine groups is 1. The van der Waals surface area contributed by atoms with Gasteiger partial charge in [-0.2, -0.15) is 0 Å². The van der Waals surface area contributed by atoms with E-state index >= 15 is 0 Å². The smallest absolute Gasteiger partial charge is 0.253 e. The lowest BCUT2D eigenvalue weighted by Crippen LogP contribution is -2.42. The summed E-state index contributed by atoms with van der Waals surface area (Å²) in [6.07, 6.45) is 1.16. The molecule has 0 spiro atoms. The highest BCUT2D eigenvalue weighted by Crippen LogP contribution is 1.83. The first-order chi connectivity index (χ1) is 5.20.